The Kier molecular flexibility index (Phi) is 7.06. The third-order valence-electron chi connectivity index (χ3n) is 2.06. The van der Waals surface area contributed by atoms with E-state index in [0.29, 0.717) is 0 Å². The van der Waals surface area contributed by atoms with Crippen LogP contribution in [0.4, 0.5) is 0 Å². The number of thioether (sulfide) groups is 1. The summed E-state index contributed by atoms with van der Waals surface area (Å²) < 4.78 is 2.14. The molecule has 0 saturated heterocycles. The molecule has 1 aromatic rings. The van der Waals surface area contributed by atoms with E-state index in [9.17, 15) is 0 Å². The average molecular weight is 350 g/mol. The maximum atomic E-state index is 2.16. The molecule has 0 saturated carbocycles. The average Bonchev–Trinajstić information content (AvgIpc) is 2.15. The lowest BCUT2D eigenvalue weighted by Gasteiger charge is -2.11. The van der Waals surface area contributed by atoms with Gasteiger partial charge in [-0.05, 0) is 30.3 Å². The molecule has 0 N–H and O–H groups in total. The molecule has 0 fully saturated rings. The molecule has 0 bridgehead atoms. The van der Waals surface area contributed by atoms with Gasteiger partial charge in [-0.15, -0.1) is 0 Å². The molecule has 0 heterocycles. The fourth-order valence-corrected chi connectivity index (χ4v) is 2.29. The highest BCUT2D eigenvalue weighted by Gasteiger charge is 2.14. The van der Waals surface area contributed by atoms with Gasteiger partial charge in [-0.3, -0.25) is 9.48 Å². The predicted molar refractivity (Wildman–Crippen MR) is 67.8 cm³/mol. The summed E-state index contributed by atoms with van der Waals surface area (Å²) in [7, 11) is 8.28. The number of rotatable bonds is 1. The minimum absolute atomic E-state index is 0. The van der Waals surface area contributed by atoms with Gasteiger partial charge < -0.3 is 24.0 Å². The first kappa shape index (κ1) is 15.8. The number of halogens is 1. The Morgan fingerprint density at radius 3 is 2.19 bits per heavy atom. The zero-order valence-electron chi connectivity index (χ0n) is 10.5. The maximum Gasteiger partial charge on any atom is 0.312 e. The van der Waals surface area contributed by atoms with Gasteiger partial charge in [-0.2, -0.15) is 0 Å². The van der Waals surface area contributed by atoms with Crippen molar-refractivity contribution in [3.8, 4) is 0 Å². The first-order valence-corrected chi connectivity index (χ1v) is 5.79. The number of benzene rings is 1. The van der Waals surface area contributed by atoms with E-state index in [1.807, 2.05) is 0 Å². The van der Waals surface area contributed by atoms with Crippen LogP contribution in [0.25, 0.3) is 0 Å². The Morgan fingerprint density at radius 2 is 1.75 bits per heavy atom. The lowest BCUT2D eigenvalue weighted by molar-refractivity contribution is -0.466. The smallest absolute Gasteiger partial charge is 0.312 e. The summed E-state index contributed by atoms with van der Waals surface area (Å²) in [4.78, 5) is 3.45. The second-order valence-electron chi connectivity index (χ2n) is 3.94. The maximum absolute atomic E-state index is 2.16. The van der Waals surface area contributed by atoms with Crippen LogP contribution < -0.4 is 24.0 Å². The molecule has 0 amide bonds. The van der Waals surface area contributed by atoms with Crippen LogP contribution in [-0.4, -0.2) is 42.8 Å². The van der Waals surface area contributed by atoms with Crippen LogP contribution in [0.5, 0.6) is 0 Å². The number of hydrogen-bond acceptors (Lipinski definition) is 1. The molecule has 16 heavy (non-hydrogen) atoms. The van der Waals surface area contributed by atoms with Gasteiger partial charge in [0.05, 0.1) is 28.2 Å². The molecule has 0 atom stereocenters. The lowest BCUT2D eigenvalue weighted by atomic mass is 10.2. The van der Waals surface area contributed by atoms with Crippen molar-refractivity contribution in [2.45, 2.75) is 11.8 Å². The number of nitrogens with zero attached hydrogens (tertiary/aromatic N) is 2. The largest absolute Gasteiger partial charge is 1.00 e. The van der Waals surface area contributed by atoms with Crippen LogP contribution in [0.1, 0.15) is 5.56 Å². The molecule has 0 spiro atoms. The molecule has 2 nitrogen and oxygen atoms in total. The van der Waals surface area contributed by atoms with Crippen LogP contribution in [0.3, 0.4) is 0 Å². The van der Waals surface area contributed by atoms with E-state index in [2.05, 4.69) is 68.9 Å². The Balaban J connectivity index is 0.00000225. The Hall–Kier alpha value is -0.230. The summed E-state index contributed by atoms with van der Waals surface area (Å²) in [5, 5.41) is 1.24. The van der Waals surface area contributed by atoms with Crippen molar-refractivity contribution in [1.82, 2.24) is 4.90 Å². The molecule has 4 heteroatoms. The Bertz CT molecular complexity index is 371. The van der Waals surface area contributed by atoms with Gasteiger partial charge in [0.15, 0.2) is 0 Å². The predicted octanol–water partition coefficient (Wildman–Crippen LogP) is -0.719. The fourth-order valence-electron chi connectivity index (χ4n) is 1.35. The van der Waals surface area contributed by atoms with E-state index in [4.69, 9.17) is 0 Å². The Morgan fingerprint density at radius 1 is 1.19 bits per heavy atom. The standard InChI is InChI=1S/C12H19N2S.HI/c1-10-8-6-7-9-11(10)15-12(13(2)3)14(4)5;/h6-9H,1-5H3;1H/q+1;/p-1. The van der Waals surface area contributed by atoms with Crippen LogP contribution in [0.2, 0.25) is 0 Å². The van der Waals surface area contributed by atoms with Crippen molar-refractivity contribution < 1.29 is 28.6 Å². The minimum atomic E-state index is 0. The van der Waals surface area contributed by atoms with E-state index >= 15 is 0 Å². The minimum Gasteiger partial charge on any atom is -1.00 e. The third-order valence-corrected chi connectivity index (χ3v) is 3.65. The monoisotopic (exact) mass is 350 g/mol. The SMILES string of the molecule is Cc1ccccc1SC(N(C)C)=[N+](C)C.[I-]. The molecule has 1 aromatic carbocycles. The number of aryl methyl sites for hydroxylation is 1. The van der Waals surface area contributed by atoms with Gasteiger partial charge in [0.25, 0.3) is 0 Å². The summed E-state index contributed by atoms with van der Waals surface area (Å²) in [5.41, 5.74) is 1.32. The quantitative estimate of drug-likeness (QED) is 0.217. The lowest BCUT2D eigenvalue weighted by Crippen LogP contribution is -3.00. The van der Waals surface area contributed by atoms with Gasteiger partial charge in [-0.1, -0.05) is 18.2 Å². The van der Waals surface area contributed by atoms with Crippen molar-refractivity contribution in [3.63, 3.8) is 0 Å². The first-order valence-electron chi connectivity index (χ1n) is 4.97. The molecular weight excluding hydrogens is 331 g/mol. The van der Waals surface area contributed by atoms with Gasteiger partial charge in [0.1, 0.15) is 0 Å². The molecule has 90 valence electrons. The van der Waals surface area contributed by atoms with Crippen LogP contribution in [-0.2, 0) is 0 Å². The molecule has 0 aliphatic rings. The first-order chi connectivity index (χ1) is 7.02. The Labute approximate surface area is 120 Å². The zero-order chi connectivity index (χ0) is 11.4. The highest BCUT2D eigenvalue weighted by Crippen LogP contribution is 2.23. The van der Waals surface area contributed by atoms with E-state index < -0.39 is 0 Å². The molecular formula is C12H19IN2S. The zero-order valence-corrected chi connectivity index (χ0v) is 13.5. The van der Waals surface area contributed by atoms with E-state index in [1.54, 1.807) is 11.8 Å². The molecule has 0 aromatic heterocycles. The summed E-state index contributed by atoms with van der Waals surface area (Å²) in [6.07, 6.45) is 0. The molecule has 0 aliphatic heterocycles. The summed E-state index contributed by atoms with van der Waals surface area (Å²) in [5.74, 6) is 0. The van der Waals surface area contributed by atoms with E-state index in [0.717, 1.165) is 0 Å². The topological polar surface area (TPSA) is 6.25 Å². The highest BCUT2D eigenvalue weighted by molar-refractivity contribution is 8.13. The molecule has 0 aliphatic carbocycles. The van der Waals surface area contributed by atoms with Crippen molar-refractivity contribution in [3.05, 3.63) is 29.8 Å². The van der Waals surface area contributed by atoms with Crippen molar-refractivity contribution in [1.29, 1.82) is 0 Å². The van der Waals surface area contributed by atoms with Crippen LogP contribution >= 0.6 is 11.8 Å². The number of amidine groups is 1. The fraction of sp³-hybridized carbons (Fsp3) is 0.417. The molecule has 0 unspecified atom stereocenters. The van der Waals surface area contributed by atoms with Crippen molar-refractivity contribution >= 4 is 16.9 Å². The highest BCUT2D eigenvalue weighted by atomic mass is 127. The van der Waals surface area contributed by atoms with Crippen LogP contribution in [0.15, 0.2) is 29.2 Å². The number of hydrogen-bond donors (Lipinski definition) is 0. The second-order valence-corrected chi connectivity index (χ2v) is 4.95. The third kappa shape index (κ3) is 4.33. The van der Waals surface area contributed by atoms with Crippen LogP contribution in [0, 0.1) is 6.92 Å². The van der Waals surface area contributed by atoms with Gasteiger partial charge >= 0.3 is 5.17 Å². The van der Waals surface area contributed by atoms with Gasteiger partial charge in [0.2, 0.25) is 0 Å². The molecule has 0 radical (unpaired) electrons. The van der Waals surface area contributed by atoms with E-state index in [-0.39, 0.29) is 24.0 Å². The summed E-state index contributed by atoms with van der Waals surface area (Å²) in [6.45, 7) is 2.14. The molecule has 1 rings (SSSR count). The van der Waals surface area contributed by atoms with Crippen molar-refractivity contribution in [2.24, 2.45) is 0 Å². The van der Waals surface area contributed by atoms with Gasteiger partial charge in [0, 0.05) is 4.90 Å². The summed E-state index contributed by atoms with van der Waals surface area (Å²) in [6, 6.07) is 8.46. The van der Waals surface area contributed by atoms with Crippen molar-refractivity contribution in [2.75, 3.05) is 28.2 Å². The second kappa shape index (κ2) is 7.17. The normalized spacial score (nSPS) is 9.31. The summed E-state index contributed by atoms with van der Waals surface area (Å²) >= 11 is 1.80. The van der Waals surface area contributed by atoms with E-state index in [1.165, 1.54) is 15.6 Å². The van der Waals surface area contributed by atoms with Gasteiger partial charge in [-0.25, -0.2) is 0 Å².